The van der Waals surface area contributed by atoms with E-state index in [0.717, 1.165) is 12.2 Å². The van der Waals surface area contributed by atoms with Gasteiger partial charge in [0.2, 0.25) is 11.2 Å². The Kier molecular flexibility index (Phi) is 2.69. The molecule has 0 amide bonds. The van der Waals surface area contributed by atoms with E-state index in [9.17, 15) is 0 Å². The summed E-state index contributed by atoms with van der Waals surface area (Å²) in [6, 6.07) is 17.3. The van der Waals surface area contributed by atoms with Crippen LogP contribution in [0.1, 0.15) is 17.0 Å². The molecule has 0 saturated heterocycles. The monoisotopic (exact) mass is 312 g/mol. The average molecular weight is 312 g/mol. The fourth-order valence-electron chi connectivity index (χ4n) is 4.02. The Morgan fingerprint density at radius 2 is 1.83 bits per heavy atom. The van der Waals surface area contributed by atoms with Crippen LogP contribution < -0.4 is 4.57 Å². The maximum Gasteiger partial charge on any atom is 0.218 e. The number of rotatable bonds is 1. The molecule has 0 aliphatic carbocycles. The van der Waals surface area contributed by atoms with Gasteiger partial charge in [-0.25, -0.2) is 4.98 Å². The molecule has 2 aromatic carbocycles. The van der Waals surface area contributed by atoms with Gasteiger partial charge in [-0.15, -0.1) is 0 Å². The van der Waals surface area contributed by atoms with Gasteiger partial charge in [0.25, 0.3) is 0 Å². The van der Waals surface area contributed by atoms with Crippen molar-refractivity contribution in [1.82, 2.24) is 9.55 Å². The van der Waals surface area contributed by atoms with E-state index >= 15 is 0 Å². The smallest absolute Gasteiger partial charge is 0.218 e. The molecule has 24 heavy (non-hydrogen) atoms. The van der Waals surface area contributed by atoms with E-state index in [1.807, 2.05) is 6.20 Å². The van der Waals surface area contributed by atoms with Gasteiger partial charge < -0.3 is 4.57 Å². The minimum Gasteiger partial charge on any atom is -0.302 e. The van der Waals surface area contributed by atoms with Gasteiger partial charge in [0.1, 0.15) is 12.9 Å². The third-order valence-corrected chi connectivity index (χ3v) is 5.12. The van der Waals surface area contributed by atoms with Crippen LogP contribution in [0.4, 0.5) is 0 Å². The van der Waals surface area contributed by atoms with Gasteiger partial charge in [-0.2, -0.15) is 4.57 Å². The summed E-state index contributed by atoms with van der Waals surface area (Å²) in [6.45, 7) is 2.18. The predicted octanol–water partition coefficient (Wildman–Crippen LogP) is 3.73. The van der Waals surface area contributed by atoms with Crippen molar-refractivity contribution in [3.05, 3.63) is 77.9 Å². The molecular weight excluding hydrogens is 294 g/mol. The SMILES string of the molecule is Cc1ccccc1-c1c2c(c3ccccc3[n+]1C)-n1ccnc1C2. The molecule has 0 bridgehead atoms. The zero-order valence-corrected chi connectivity index (χ0v) is 13.8. The van der Waals surface area contributed by atoms with E-state index in [-0.39, 0.29) is 0 Å². The molecule has 3 nitrogen and oxygen atoms in total. The molecule has 0 N–H and O–H groups in total. The van der Waals surface area contributed by atoms with E-state index in [0.29, 0.717) is 0 Å². The number of para-hydroxylation sites is 1. The van der Waals surface area contributed by atoms with Crippen LogP contribution in [0.5, 0.6) is 0 Å². The molecule has 0 spiro atoms. The van der Waals surface area contributed by atoms with Crippen molar-refractivity contribution in [3.8, 4) is 16.9 Å². The average Bonchev–Trinajstić information content (AvgIpc) is 3.17. The molecule has 3 heteroatoms. The fraction of sp³-hybridized carbons (Fsp3) is 0.143. The highest BCUT2D eigenvalue weighted by Gasteiger charge is 2.32. The summed E-state index contributed by atoms with van der Waals surface area (Å²) >= 11 is 0. The van der Waals surface area contributed by atoms with E-state index in [4.69, 9.17) is 0 Å². The van der Waals surface area contributed by atoms with Crippen LogP contribution in [-0.2, 0) is 13.5 Å². The van der Waals surface area contributed by atoms with E-state index < -0.39 is 0 Å². The van der Waals surface area contributed by atoms with Gasteiger partial charge in [-0.1, -0.05) is 30.3 Å². The van der Waals surface area contributed by atoms with Crippen molar-refractivity contribution in [1.29, 1.82) is 0 Å². The minimum absolute atomic E-state index is 0.880. The lowest BCUT2D eigenvalue weighted by molar-refractivity contribution is -0.633. The number of imidazole rings is 1. The second-order valence-electron chi connectivity index (χ2n) is 6.46. The van der Waals surface area contributed by atoms with Crippen LogP contribution in [0.25, 0.3) is 27.8 Å². The quantitative estimate of drug-likeness (QED) is 0.432. The summed E-state index contributed by atoms with van der Waals surface area (Å²) < 4.78 is 4.59. The van der Waals surface area contributed by atoms with Crippen LogP contribution in [0.15, 0.2) is 60.9 Å². The minimum atomic E-state index is 0.880. The Morgan fingerprint density at radius 1 is 1.04 bits per heavy atom. The summed E-state index contributed by atoms with van der Waals surface area (Å²) in [7, 11) is 2.17. The molecule has 2 aromatic heterocycles. The first-order valence-electron chi connectivity index (χ1n) is 8.28. The van der Waals surface area contributed by atoms with Crippen LogP contribution in [0, 0.1) is 6.92 Å². The number of fused-ring (bicyclic) bond motifs is 5. The molecule has 1 aliphatic heterocycles. The highest BCUT2D eigenvalue weighted by atomic mass is 15.1. The molecule has 0 saturated carbocycles. The lowest BCUT2D eigenvalue weighted by Crippen LogP contribution is -2.34. The van der Waals surface area contributed by atoms with Crippen LogP contribution in [0.3, 0.4) is 0 Å². The molecule has 5 rings (SSSR count). The molecule has 4 aromatic rings. The van der Waals surface area contributed by atoms with Crippen molar-refractivity contribution in [3.63, 3.8) is 0 Å². The molecule has 0 fully saturated rings. The zero-order valence-electron chi connectivity index (χ0n) is 13.8. The lowest BCUT2D eigenvalue weighted by Gasteiger charge is -2.12. The topological polar surface area (TPSA) is 21.7 Å². The molecular formula is C21H18N3+. The first-order chi connectivity index (χ1) is 11.8. The van der Waals surface area contributed by atoms with Crippen molar-refractivity contribution >= 4 is 10.9 Å². The second-order valence-corrected chi connectivity index (χ2v) is 6.46. The highest BCUT2D eigenvalue weighted by Crippen LogP contribution is 2.38. The number of pyridine rings is 1. The summed E-state index contributed by atoms with van der Waals surface area (Å²) in [5.74, 6) is 1.12. The first-order valence-corrected chi connectivity index (χ1v) is 8.28. The normalized spacial score (nSPS) is 12.4. The molecule has 0 atom stereocenters. The Balaban J connectivity index is 1.98. The van der Waals surface area contributed by atoms with Gasteiger partial charge in [-0.3, -0.25) is 0 Å². The summed E-state index contributed by atoms with van der Waals surface area (Å²) in [5, 5.41) is 1.28. The fourth-order valence-corrected chi connectivity index (χ4v) is 4.02. The highest BCUT2D eigenvalue weighted by molar-refractivity contribution is 5.90. The number of benzene rings is 2. The molecule has 1 aliphatic rings. The Labute approximate surface area is 140 Å². The van der Waals surface area contributed by atoms with Gasteiger partial charge in [0, 0.05) is 30.4 Å². The predicted molar refractivity (Wildman–Crippen MR) is 95.2 cm³/mol. The second kappa shape index (κ2) is 4.78. The van der Waals surface area contributed by atoms with Gasteiger partial charge in [0.15, 0.2) is 0 Å². The third-order valence-electron chi connectivity index (χ3n) is 5.12. The van der Waals surface area contributed by atoms with Crippen molar-refractivity contribution in [2.24, 2.45) is 7.05 Å². The van der Waals surface area contributed by atoms with Gasteiger partial charge in [0.05, 0.1) is 16.6 Å². The van der Waals surface area contributed by atoms with E-state index in [1.54, 1.807) is 0 Å². The lowest BCUT2D eigenvalue weighted by atomic mass is 9.96. The van der Waals surface area contributed by atoms with Gasteiger partial charge >= 0.3 is 0 Å². The third kappa shape index (κ3) is 1.67. The summed E-state index contributed by atoms with van der Waals surface area (Å²) in [6.07, 6.45) is 4.85. The number of hydrogen-bond acceptors (Lipinski definition) is 1. The van der Waals surface area contributed by atoms with E-state index in [1.165, 1.54) is 39.0 Å². The largest absolute Gasteiger partial charge is 0.302 e. The Morgan fingerprint density at radius 3 is 2.71 bits per heavy atom. The number of nitrogens with zero attached hydrogens (tertiary/aromatic N) is 3. The van der Waals surface area contributed by atoms with Crippen molar-refractivity contribution in [2.45, 2.75) is 13.3 Å². The molecule has 3 heterocycles. The summed E-state index contributed by atoms with van der Waals surface area (Å²) in [5.41, 5.74) is 7.80. The maximum absolute atomic E-state index is 4.56. The van der Waals surface area contributed by atoms with Crippen molar-refractivity contribution < 1.29 is 4.57 Å². The Bertz CT molecular complexity index is 1110. The summed E-state index contributed by atoms with van der Waals surface area (Å²) in [4.78, 5) is 4.56. The Hall–Kier alpha value is -2.94. The van der Waals surface area contributed by atoms with Gasteiger partial charge in [-0.05, 0) is 24.6 Å². The molecule has 0 unspecified atom stereocenters. The molecule has 0 radical (unpaired) electrons. The number of hydrogen-bond donors (Lipinski definition) is 0. The van der Waals surface area contributed by atoms with Crippen LogP contribution >= 0.6 is 0 Å². The first kappa shape index (κ1) is 13.5. The molecule has 116 valence electrons. The van der Waals surface area contributed by atoms with Crippen molar-refractivity contribution in [2.75, 3.05) is 0 Å². The zero-order chi connectivity index (χ0) is 16.3. The van der Waals surface area contributed by atoms with Crippen LogP contribution in [0.2, 0.25) is 0 Å². The number of aryl methyl sites for hydroxylation is 2. The van der Waals surface area contributed by atoms with Crippen LogP contribution in [-0.4, -0.2) is 9.55 Å². The standard InChI is InChI=1S/C21H18N3/c1-14-7-3-4-8-15(14)20-17-13-19-22-11-12-24(19)21(17)16-9-5-6-10-18(16)23(20)2/h3-12H,13H2,1-2H3/q+1. The maximum atomic E-state index is 4.56. The van der Waals surface area contributed by atoms with E-state index in [2.05, 4.69) is 82.8 Å². The number of aromatic nitrogens is 3.